The topological polar surface area (TPSA) is 64.3 Å². The van der Waals surface area contributed by atoms with Gasteiger partial charge in [0, 0.05) is 11.8 Å². The van der Waals surface area contributed by atoms with Crippen LogP contribution in [0.1, 0.15) is 18.9 Å². The van der Waals surface area contributed by atoms with Gasteiger partial charge in [-0.05, 0) is 30.5 Å². The Labute approximate surface area is 143 Å². The van der Waals surface area contributed by atoms with Crippen molar-refractivity contribution in [2.24, 2.45) is 5.73 Å². The van der Waals surface area contributed by atoms with Gasteiger partial charge in [-0.15, -0.1) is 12.4 Å². The van der Waals surface area contributed by atoms with Gasteiger partial charge in [-0.3, -0.25) is 4.79 Å². The number of hydrogen-bond donors (Lipinski definition) is 2. The lowest BCUT2D eigenvalue weighted by Crippen LogP contribution is -2.37. The van der Waals surface area contributed by atoms with Crippen LogP contribution in [0.4, 0.5) is 5.69 Å². The molecule has 0 saturated heterocycles. The van der Waals surface area contributed by atoms with E-state index in [1.165, 1.54) is 0 Å². The van der Waals surface area contributed by atoms with Gasteiger partial charge < -0.3 is 15.8 Å². The summed E-state index contributed by atoms with van der Waals surface area (Å²) in [6, 6.07) is 16.5. The van der Waals surface area contributed by atoms with Gasteiger partial charge in [0.25, 0.3) is 0 Å². The Bertz CT molecular complexity index is 605. The summed E-state index contributed by atoms with van der Waals surface area (Å²) in [4.78, 5) is 12.2. The Kier molecular flexibility index (Phi) is 8.16. The average molecular weight is 335 g/mol. The lowest BCUT2D eigenvalue weighted by atomic mass is 10.1. The lowest BCUT2D eigenvalue weighted by Gasteiger charge is -2.13. The average Bonchev–Trinajstić information content (AvgIpc) is 2.54. The minimum atomic E-state index is -0.581. The van der Waals surface area contributed by atoms with Gasteiger partial charge in [-0.25, -0.2) is 0 Å². The van der Waals surface area contributed by atoms with Crippen LogP contribution in [0.15, 0.2) is 54.6 Å². The van der Waals surface area contributed by atoms with Gasteiger partial charge >= 0.3 is 0 Å². The molecule has 124 valence electrons. The highest BCUT2D eigenvalue weighted by Gasteiger charge is 2.14. The Balaban J connectivity index is 0.00000264. The van der Waals surface area contributed by atoms with Crippen LogP contribution >= 0.6 is 12.4 Å². The van der Waals surface area contributed by atoms with Crippen LogP contribution in [0.3, 0.4) is 0 Å². The second-order valence-corrected chi connectivity index (χ2v) is 5.16. The predicted octanol–water partition coefficient (Wildman–Crippen LogP) is 3.41. The molecule has 0 saturated carbocycles. The van der Waals surface area contributed by atoms with Gasteiger partial charge in [0.05, 0.1) is 12.6 Å². The molecular formula is C18H23ClN2O2. The first-order chi connectivity index (χ1) is 10.7. The second kappa shape index (κ2) is 9.87. The molecular weight excluding hydrogens is 312 g/mol. The van der Waals surface area contributed by atoms with Crippen molar-refractivity contribution >= 4 is 24.0 Å². The van der Waals surface area contributed by atoms with Gasteiger partial charge in [0.2, 0.25) is 5.91 Å². The van der Waals surface area contributed by atoms with Gasteiger partial charge in [-0.1, -0.05) is 43.3 Å². The van der Waals surface area contributed by atoms with E-state index >= 15 is 0 Å². The van der Waals surface area contributed by atoms with Crippen molar-refractivity contribution in [2.75, 3.05) is 11.9 Å². The standard InChI is InChI=1S/C18H22N2O2.ClH/c1-2-11-22-16-10-6-9-15(13-16)20-18(21)17(19)12-14-7-4-3-5-8-14;/h3-10,13,17H,2,11-12,19H2,1H3,(H,20,21);1H. The van der Waals surface area contributed by atoms with Gasteiger partial charge in [0.1, 0.15) is 5.75 Å². The van der Waals surface area contributed by atoms with Crippen LogP contribution in [0.5, 0.6) is 5.75 Å². The van der Waals surface area contributed by atoms with E-state index in [4.69, 9.17) is 10.5 Å². The third-order valence-corrected chi connectivity index (χ3v) is 3.21. The van der Waals surface area contributed by atoms with Crippen molar-refractivity contribution in [3.05, 3.63) is 60.2 Å². The Morgan fingerprint density at radius 3 is 2.61 bits per heavy atom. The molecule has 0 aliphatic rings. The number of nitrogens with two attached hydrogens (primary N) is 1. The molecule has 1 unspecified atom stereocenters. The largest absolute Gasteiger partial charge is 0.494 e. The highest BCUT2D eigenvalue weighted by atomic mass is 35.5. The molecule has 0 aliphatic heterocycles. The van der Waals surface area contributed by atoms with Gasteiger partial charge in [0.15, 0.2) is 0 Å². The number of nitrogens with one attached hydrogen (secondary N) is 1. The minimum absolute atomic E-state index is 0. The summed E-state index contributed by atoms with van der Waals surface area (Å²) in [5, 5.41) is 2.83. The Hall–Kier alpha value is -2.04. The molecule has 3 N–H and O–H groups in total. The number of carbonyl (C=O) groups excluding carboxylic acids is 1. The van der Waals surface area contributed by atoms with Crippen LogP contribution in [-0.4, -0.2) is 18.6 Å². The lowest BCUT2D eigenvalue weighted by molar-refractivity contribution is -0.117. The van der Waals surface area contributed by atoms with Crippen LogP contribution in [0.25, 0.3) is 0 Å². The molecule has 1 amide bonds. The van der Waals surface area contributed by atoms with E-state index in [-0.39, 0.29) is 18.3 Å². The van der Waals surface area contributed by atoms with E-state index in [0.29, 0.717) is 18.7 Å². The van der Waals surface area contributed by atoms with Crippen LogP contribution in [0, 0.1) is 0 Å². The zero-order chi connectivity index (χ0) is 15.8. The summed E-state index contributed by atoms with van der Waals surface area (Å²) < 4.78 is 5.55. The van der Waals surface area contributed by atoms with Crippen molar-refractivity contribution in [3.63, 3.8) is 0 Å². The first-order valence-electron chi connectivity index (χ1n) is 7.52. The molecule has 2 aromatic carbocycles. The third kappa shape index (κ3) is 6.30. The number of ether oxygens (including phenoxy) is 1. The Morgan fingerprint density at radius 1 is 1.17 bits per heavy atom. The Morgan fingerprint density at radius 2 is 1.91 bits per heavy atom. The number of benzene rings is 2. The second-order valence-electron chi connectivity index (χ2n) is 5.16. The molecule has 5 heteroatoms. The van der Waals surface area contributed by atoms with Crippen molar-refractivity contribution in [1.29, 1.82) is 0 Å². The summed E-state index contributed by atoms with van der Waals surface area (Å²) in [5.74, 6) is 0.549. The zero-order valence-corrected chi connectivity index (χ0v) is 14.0. The fourth-order valence-corrected chi connectivity index (χ4v) is 2.08. The molecule has 0 spiro atoms. The third-order valence-electron chi connectivity index (χ3n) is 3.21. The molecule has 0 radical (unpaired) electrons. The summed E-state index contributed by atoms with van der Waals surface area (Å²) in [7, 11) is 0. The van der Waals surface area contributed by atoms with Crippen molar-refractivity contribution in [3.8, 4) is 5.75 Å². The fraction of sp³-hybridized carbons (Fsp3) is 0.278. The number of carbonyl (C=O) groups is 1. The van der Waals surface area contributed by atoms with E-state index in [1.54, 1.807) is 0 Å². The first kappa shape index (κ1) is 19.0. The summed E-state index contributed by atoms with van der Waals surface area (Å²) in [6.07, 6.45) is 1.46. The van der Waals surface area contributed by atoms with Crippen LogP contribution in [0.2, 0.25) is 0 Å². The SMILES string of the molecule is CCCOc1cccc(NC(=O)C(N)Cc2ccccc2)c1.Cl. The van der Waals surface area contributed by atoms with E-state index in [9.17, 15) is 4.79 Å². The maximum atomic E-state index is 12.2. The summed E-state index contributed by atoms with van der Waals surface area (Å²) >= 11 is 0. The highest BCUT2D eigenvalue weighted by Crippen LogP contribution is 2.17. The number of rotatable bonds is 7. The predicted molar refractivity (Wildman–Crippen MR) is 96.2 cm³/mol. The van der Waals surface area contributed by atoms with E-state index in [1.807, 2.05) is 61.5 Å². The highest BCUT2D eigenvalue weighted by molar-refractivity contribution is 5.95. The molecule has 23 heavy (non-hydrogen) atoms. The van der Waals surface area contributed by atoms with Crippen molar-refractivity contribution in [1.82, 2.24) is 0 Å². The molecule has 2 aromatic rings. The fourth-order valence-electron chi connectivity index (χ4n) is 2.08. The van der Waals surface area contributed by atoms with Crippen LogP contribution < -0.4 is 15.8 Å². The van der Waals surface area contributed by atoms with E-state index in [2.05, 4.69) is 5.32 Å². The molecule has 1 atom stereocenters. The monoisotopic (exact) mass is 334 g/mol. The summed E-state index contributed by atoms with van der Waals surface area (Å²) in [5.41, 5.74) is 7.71. The molecule has 0 aromatic heterocycles. The van der Waals surface area contributed by atoms with E-state index in [0.717, 1.165) is 17.7 Å². The maximum Gasteiger partial charge on any atom is 0.241 e. The summed E-state index contributed by atoms with van der Waals surface area (Å²) in [6.45, 7) is 2.71. The molecule has 0 heterocycles. The molecule has 0 bridgehead atoms. The van der Waals surface area contributed by atoms with Crippen molar-refractivity contribution in [2.45, 2.75) is 25.8 Å². The van der Waals surface area contributed by atoms with E-state index < -0.39 is 6.04 Å². The number of hydrogen-bond acceptors (Lipinski definition) is 3. The zero-order valence-electron chi connectivity index (χ0n) is 13.2. The molecule has 0 fully saturated rings. The van der Waals surface area contributed by atoms with Crippen LogP contribution in [-0.2, 0) is 11.2 Å². The smallest absolute Gasteiger partial charge is 0.241 e. The number of anilines is 1. The molecule has 4 nitrogen and oxygen atoms in total. The maximum absolute atomic E-state index is 12.2. The quantitative estimate of drug-likeness (QED) is 0.815. The van der Waals surface area contributed by atoms with Gasteiger partial charge in [-0.2, -0.15) is 0 Å². The number of amides is 1. The molecule has 2 rings (SSSR count). The molecule has 0 aliphatic carbocycles. The first-order valence-corrected chi connectivity index (χ1v) is 7.52. The van der Waals surface area contributed by atoms with Crippen molar-refractivity contribution < 1.29 is 9.53 Å². The normalized spacial score (nSPS) is 11.2. The minimum Gasteiger partial charge on any atom is -0.494 e. The number of halogens is 1.